The molecule has 100 valence electrons. The minimum absolute atomic E-state index is 0.126. The summed E-state index contributed by atoms with van der Waals surface area (Å²) in [6.45, 7) is 9.54. The van der Waals surface area contributed by atoms with Crippen molar-refractivity contribution in [3.05, 3.63) is 18.2 Å². The summed E-state index contributed by atoms with van der Waals surface area (Å²) in [6, 6.07) is 0. The lowest BCUT2D eigenvalue weighted by Crippen LogP contribution is -2.40. The Bertz CT molecular complexity index is 433. The molecule has 0 aromatic carbocycles. The predicted molar refractivity (Wildman–Crippen MR) is 72.4 cm³/mol. The monoisotopic (exact) mass is 248 g/mol. The van der Waals surface area contributed by atoms with Gasteiger partial charge in [-0.1, -0.05) is 20.8 Å². The van der Waals surface area contributed by atoms with Gasteiger partial charge in [0.2, 0.25) is 0 Å². The first-order chi connectivity index (χ1) is 8.46. The number of imidazole rings is 1. The van der Waals surface area contributed by atoms with E-state index < -0.39 is 0 Å². The van der Waals surface area contributed by atoms with Gasteiger partial charge in [-0.25, -0.2) is 4.98 Å². The first kappa shape index (κ1) is 13.3. The van der Waals surface area contributed by atoms with Crippen molar-refractivity contribution < 1.29 is 4.79 Å². The van der Waals surface area contributed by atoms with E-state index in [-0.39, 0.29) is 11.3 Å². The Morgan fingerprint density at radius 3 is 2.78 bits per heavy atom. The molecular formula is C15H24N2O. The Morgan fingerprint density at radius 1 is 1.44 bits per heavy atom. The lowest BCUT2D eigenvalue weighted by molar-refractivity contribution is -0.128. The molecule has 1 aliphatic carbocycles. The lowest BCUT2D eigenvalue weighted by Gasteiger charge is -2.37. The van der Waals surface area contributed by atoms with Crippen LogP contribution < -0.4 is 0 Å². The molecule has 0 N–H and O–H groups in total. The van der Waals surface area contributed by atoms with Crippen molar-refractivity contribution in [1.29, 1.82) is 0 Å². The van der Waals surface area contributed by atoms with E-state index in [0.717, 1.165) is 31.6 Å². The van der Waals surface area contributed by atoms with Crippen LogP contribution in [-0.4, -0.2) is 15.3 Å². The molecule has 3 nitrogen and oxygen atoms in total. The summed E-state index contributed by atoms with van der Waals surface area (Å²) >= 11 is 0. The maximum absolute atomic E-state index is 12.3. The fourth-order valence-electron chi connectivity index (χ4n) is 3.24. The summed E-state index contributed by atoms with van der Waals surface area (Å²) in [5.41, 5.74) is -0.156. The van der Waals surface area contributed by atoms with Crippen molar-refractivity contribution in [3.8, 4) is 0 Å². The third-order valence-electron chi connectivity index (χ3n) is 4.39. The number of carbonyl (C=O) groups excluding carboxylic acids is 1. The van der Waals surface area contributed by atoms with Gasteiger partial charge in [0.1, 0.15) is 11.6 Å². The molecule has 2 unspecified atom stereocenters. The largest absolute Gasteiger partial charge is 0.335 e. The molecule has 0 radical (unpaired) electrons. The number of Topliss-reactive ketones (excluding diaryl/α,β-unsaturated/α-hetero) is 1. The van der Waals surface area contributed by atoms with Crippen LogP contribution in [0.1, 0.15) is 52.8 Å². The number of rotatable bonds is 3. The van der Waals surface area contributed by atoms with E-state index in [0.29, 0.717) is 11.7 Å². The van der Waals surface area contributed by atoms with E-state index in [1.54, 1.807) is 0 Å². The molecule has 2 rings (SSSR count). The Labute approximate surface area is 110 Å². The SMILES string of the molecule is CCn1ccnc1C(C)(C)C1CCC(C)CC1=O. The molecule has 1 saturated carbocycles. The fraction of sp³-hybridized carbons (Fsp3) is 0.733. The van der Waals surface area contributed by atoms with Crippen LogP contribution in [0, 0.1) is 11.8 Å². The first-order valence-corrected chi connectivity index (χ1v) is 7.01. The molecule has 1 heterocycles. The molecule has 0 saturated heterocycles. The van der Waals surface area contributed by atoms with Crippen LogP contribution in [0.2, 0.25) is 0 Å². The summed E-state index contributed by atoms with van der Waals surface area (Å²) in [6.07, 6.45) is 6.75. The van der Waals surface area contributed by atoms with Crippen LogP contribution in [-0.2, 0) is 16.8 Å². The molecule has 3 heteroatoms. The number of aryl methyl sites for hydroxylation is 1. The van der Waals surface area contributed by atoms with Crippen molar-refractivity contribution in [2.45, 2.75) is 58.9 Å². The summed E-state index contributed by atoms with van der Waals surface area (Å²) in [7, 11) is 0. The first-order valence-electron chi connectivity index (χ1n) is 7.01. The third kappa shape index (κ3) is 2.23. The quantitative estimate of drug-likeness (QED) is 0.823. The van der Waals surface area contributed by atoms with Crippen LogP contribution >= 0.6 is 0 Å². The number of ketones is 1. The van der Waals surface area contributed by atoms with Crippen molar-refractivity contribution >= 4 is 5.78 Å². The van der Waals surface area contributed by atoms with Crippen LogP contribution in [0.25, 0.3) is 0 Å². The molecule has 0 spiro atoms. The summed E-state index contributed by atoms with van der Waals surface area (Å²) < 4.78 is 2.16. The standard InChI is InChI=1S/C15H24N2O/c1-5-17-9-8-16-14(17)15(3,4)12-7-6-11(2)10-13(12)18/h8-9,11-12H,5-7,10H2,1-4H3. The average Bonchev–Trinajstić information content (AvgIpc) is 2.76. The lowest BCUT2D eigenvalue weighted by atomic mass is 9.68. The van der Waals surface area contributed by atoms with Crippen molar-refractivity contribution in [1.82, 2.24) is 9.55 Å². The zero-order chi connectivity index (χ0) is 13.3. The smallest absolute Gasteiger partial charge is 0.137 e. The topological polar surface area (TPSA) is 34.9 Å². The fourth-order valence-corrected chi connectivity index (χ4v) is 3.24. The number of aromatic nitrogens is 2. The summed E-state index contributed by atoms with van der Waals surface area (Å²) in [5.74, 6) is 2.15. The van der Waals surface area contributed by atoms with Crippen molar-refractivity contribution in [2.24, 2.45) is 11.8 Å². The second kappa shape index (κ2) is 4.87. The van der Waals surface area contributed by atoms with E-state index in [2.05, 4.69) is 37.2 Å². The van der Waals surface area contributed by atoms with Gasteiger partial charge >= 0.3 is 0 Å². The molecule has 18 heavy (non-hydrogen) atoms. The highest BCUT2D eigenvalue weighted by molar-refractivity contribution is 5.83. The second-order valence-corrected chi connectivity index (χ2v) is 6.16. The second-order valence-electron chi connectivity index (χ2n) is 6.16. The highest BCUT2D eigenvalue weighted by Crippen LogP contribution is 2.39. The van der Waals surface area contributed by atoms with E-state index in [1.807, 2.05) is 12.4 Å². The van der Waals surface area contributed by atoms with E-state index >= 15 is 0 Å². The van der Waals surface area contributed by atoms with Gasteiger partial charge in [0, 0.05) is 36.7 Å². The highest BCUT2D eigenvalue weighted by atomic mass is 16.1. The van der Waals surface area contributed by atoms with Crippen LogP contribution in [0.4, 0.5) is 0 Å². The zero-order valence-electron chi connectivity index (χ0n) is 11.9. The van der Waals surface area contributed by atoms with Crippen molar-refractivity contribution in [3.63, 3.8) is 0 Å². The van der Waals surface area contributed by atoms with Gasteiger partial charge in [-0.2, -0.15) is 0 Å². The van der Waals surface area contributed by atoms with Crippen LogP contribution in [0.5, 0.6) is 0 Å². The third-order valence-corrected chi connectivity index (χ3v) is 4.39. The molecular weight excluding hydrogens is 224 g/mol. The Balaban J connectivity index is 2.28. The molecule has 0 bridgehead atoms. The average molecular weight is 248 g/mol. The number of carbonyl (C=O) groups is 1. The molecule has 0 amide bonds. The van der Waals surface area contributed by atoms with E-state index in [1.165, 1.54) is 0 Å². The van der Waals surface area contributed by atoms with Gasteiger partial charge in [-0.15, -0.1) is 0 Å². The molecule has 1 fully saturated rings. The zero-order valence-corrected chi connectivity index (χ0v) is 11.9. The number of nitrogens with zero attached hydrogens (tertiary/aromatic N) is 2. The minimum atomic E-state index is -0.156. The predicted octanol–water partition coefficient (Wildman–Crippen LogP) is 3.19. The van der Waals surface area contributed by atoms with Crippen LogP contribution in [0.3, 0.4) is 0 Å². The summed E-state index contributed by atoms with van der Waals surface area (Å²) in [5, 5.41) is 0. The number of hydrogen-bond donors (Lipinski definition) is 0. The minimum Gasteiger partial charge on any atom is -0.335 e. The van der Waals surface area contributed by atoms with Gasteiger partial charge in [0.15, 0.2) is 0 Å². The van der Waals surface area contributed by atoms with Crippen LogP contribution in [0.15, 0.2) is 12.4 Å². The van der Waals surface area contributed by atoms with Gasteiger partial charge in [-0.05, 0) is 25.7 Å². The number of hydrogen-bond acceptors (Lipinski definition) is 2. The van der Waals surface area contributed by atoms with E-state index in [4.69, 9.17) is 0 Å². The Hall–Kier alpha value is -1.12. The highest BCUT2D eigenvalue weighted by Gasteiger charge is 2.41. The maximum atomic E-state index is 12.3. The molecule has 1 aromatic rings. The molecule has 1 aromatic heterocycles. The van der Waals surface area contributed by atoms with Gasteiger partial charge in [0.25, 0.3) is 0 Å². The molecule has 1 aliphatic rings. The molecule has 0 aliphatic heterocycles. The van der Waals surface area contributed by atoms with Gasteiger partial charge in [-0.3, -0.25) is 4.79 Å². The van der Waals surface area contributed by atoms with E-state index in [9.17, 15) is 4.79 Å². The Kier molecular flexibility index (Phi) is 3.60. The van der Waals surface area contributed by atoms with Gasteiger partial charge < -0.3 is 4.57 Å². The maximum Gasteiger partial charge on any atom is 0.137 e. The Morgan fingerprint density at radius 2 is 2.17 bits per heavy atom. The van der Waals surface area contributed by atoms with Gasteiger partial charge in [0.05, 0.1) is 0 Å². The molecule has 2 atom stereocenters. The van der Waals surface area contributed by atoms with Crippen molar-refractivity contribution in [2.75, 3.05) is 0 Å². The summed E-state index contributed by atoms with van der Waals surface area (Å²) in [4.78, 5) is 16.8. The normalized spacial score (nSPS) is 25.4.